The van der Waals surface area contributed by atoms with Crippen molar-refractivity contribution in [3.8, 4) is 11.8 Å². The molecule has 1 aliphatic heterocycles. The second kappa shape index (κ2) is 3.64. The highest BCUT2D eigenvalue weighted by atomic mass is 19.1. The molecule has 0 saturated carbocycles. The van der Waals surface area contributed by atoms with Gasteiger partial charge in [0.05, 0.1) is 24.8 Å². The van der Waals surface area contributed by atoms with Crippen LogP contribution in [0.3, 0.4) is 0 Å². The molecule has 1 fully saturated rings. The summed E-state index contributed by atoms with van der Waals surface area (Å²) in [6, 6.07) is 6.01. The third-order valence-corrected chi connectivity index (χ3v) is 1.96. The molecule has 0 bridgehead atoms. The summed E-state index contributed by atoms with van der Waals surface area (Å²) >= 11 is 0. The average Bonchev–Trinajstić information content (AvgIpc) is 2.13. The minimum absolute atomic E-state index is 0.0579. The van der Waals surface area contributed by atoms with Crippen molar-refractivity contribution in [3.63, 3.8) is 0 Å². The van der Waals surface area contributed by atoms with Crippen molar-refractivity contribution in [1.82, 2.24) is 0 Å². The van der Waals surface area contributed by atoms with E-state index in [2.05, 4.69) is 0 Å². The predicted molar refractivity (Wildman–Crippen MR) is 46.4 cm³/mol. The van der Waals surface area contributed by atoms with Gasteiger partial charge in [-0.25, -0.2) is 4.39 Å². The van der Waals surface area contributed by atoms with E-state index in [4.69, 9.17) is 14.7 Å². The number of nitriles is 1. The van der Waals surface area contributed by atoms with Crippen molar-refractivity contribution < 1.29 is 13.9 Å². The Morgan fingerprint density at radius 3 is 2.79 bits per heavy atom. The number of ether oxygens (including phenoxy) is 2. The first-order valence-electron chi connectivity index (χ1n) is 4.23. The summed E-state index contributed by atoms with van der Waals surface area (Å²) in [7, 11) is 0. The monoisotopic (exact) mass is 193 g/mol. The van der Waals surface area contributed by atoms with E-state index in [0.717, 1.165) is 6.07 Å². The molecule has 0 spiro atoms. The van der Waals surface area contributed by atoms with Gasteiger partial charge in [-0.1, -0.05) is 0 Å². The summed E-state index contributed by atoms with van der Waals surface area (Å²) in [5, 5.41) is 8.51. The molecule has 0 aromatic heterocycles. The molecule has 0 N–H and O–H groups in total. The van der Waals surface area contributed by atoms with Crippen molar-refractivity contribution in [2.45, 2.75) is 6.10 Å². The highest BCUT2D eigenvalue weighted by Crippen LogP contribution is 2.21. The Morgan fingerprint density at radius 2 is 2.29 bits per heavy atom. The van der Waals surface area contributed by atoms with E-state index < -0.39 is 5.82 Å². The van der Waals surface area contributed by atoms with E-state index >= 15 is 0 Å². The highest BCUT2D eigenvalue weighted by Gasteiger charge is 2.21. The van der Waals surface area contributed by atoms with Crippen molar-refractivity contribution >= 4 is 0 Å². The van der Waals surface area contributed by atoms with Crippen LogP contribution in [-0.2, 0) is 4.74 Å². The van der Waals surface area contributed by atoms with Crippen LogP contribution in [0, 0.1) is 17.1 Å². The predicted octanol–water partition coefficient (Wildman–Crippen LogP) is 1.47. The minimum atomic E-state index is -0.504. The normalized spacial score (nSPS) is 15.7. The summed E-state index contributed by atoms with van der Waals surface area (Å²) in [5.74, 6) is -0.326. The van der Waals surface area contributed by atoms with Gasteiger partial charge in [0.15, 0.2) is 11.6 Å². The van der Waals surface area contributed by atoms with E-state index in [1.807, 2.05) is 6.07 Å². The van der Waals surface area contributed by atoms with Gasteiger partial charge in [0.1, 0.15) is 6.10 Å². The van der Waals surface area contributed by atoms with Gasteiger partial charge in [0, 0.05) is 0 Å². The molecule has 0 amide bonds. The van der Waals surface area contributed by atoms with Crippen LogP contribution in [0.4, 0.5) is 4.39 Å². The van der Waals surface area contributed by atoms with Crippen molar-refractivity contribution in [2.75, 3.05) is 13.2 Å². The standard InChI is InChI=1S/C10H8FNO2/c11-9-3-7(4-12)1-2-10(9)14-8-5-13-6-8/h1-3,8H,5-6H2. The summed E-state index contributed by atoms with van der Waals surface area (Å²) in [4.78, 5) is 0. The van der Waals surface area contributed by atoms with Crippen LogP contribution < -0.4 is 4.74 Å². The molecule has 4 heteroatoms. The molecule has 14 heavy (non-hydrogen) atoms. The summed E-state index contributed by atoms with van der Waals surface area (Å²) in [6.07, 6.45) is -0.0579. The Labute approximate surface area is 80.7 Å². The van der Waals surface area contributed by atoms with E-state index in [1.165, 1.54) is 12.1 Å². The molecular formula is C10H8FNO2. The Bertz CT molecular complexity index is 382. The maximum absolute atomic E-state index is 13.2. The largest absolute Gasteiger partial charge is 0.483 e. The molecule has 2 rings (SSSR count). The van der Waals surface area contributed by atoms with Gasteiger partial charge < -0.3 is 9.47 Å². The van der Waals surface area contributed by atoms with Crippen LogP contribution >= 0.6 is 0 Å². The van der Waals surface area contributed by atoms with Crippen LogP contribution in [0.5, 0.6) is 5.75 Å². The SMILES string of the molecule is N#Cc1ccc(OC2COC2)c(F)c1. The smallest absolute Gasteiger partial charge is 0.166 e. The summed E-state index contributed by atoms with van der Waals surface area (Å²) in [5.41, 5.74) is 0.291. The molecule has 1 aromatic rings. The van der Waals surface area contributed by atoms with Crippen LogP contribution in [0.2, 0.25) is 0 Å². The van der Waals surface area contributed by atoms with Gasteiger partial charge in [-0.05, 0) is 18.2 Å². The second-order valence-electron chi connectivity index (χ2n) is 3.03. The van der Waals surface area contributed by atoms with E-state index in [0.29, 0.717) is 18.8 Å². The molecular weight excluding hydrogens is 185 g/mol. The van der Waals surface area contributed by atoms with Gasteiger partial charge in [-0.2, -0.15) is 5.26 Å². The Balaban J connectivity index is 2.14. The zero-order valence-corrected chi connectivity index (χ0v) is 7.37. The Kier molecular flexibility index (Phi) is 2.33. The van der Waals surface area contributed by atoms with Gasteiger partial charge in [0.25, 0.3) is 0 Å². The molecule has 3 nitrogen and oxygen atoms in total. The van der Waals surface area contributed by atoms with Crippen molar-refractivity contribution in [3.05, 3.63) is 29.6 Å². The minimum Gasteiger partial charge on any atom is -0.483 e. The van der Waals surface area contributed by atoms with Crippen LogP contribution in [0.1, 0.15) is 5.56 Å². The third kappa shape index (κ3) is 1.68. The fourth-order valence-electron chi connectivity index (χ4n) is 1.13. The molecule has 0 aliphatic carbocycles. The molecule has 1 heterocycles. The lowest BCUT2D eigenvalue weighted by Gasteiger charge is -2.26. The maximum Gasteiger partial charge on any atom is 0.166 e. The van der Waals surface area contributed by atoms with Crippen molar-refractivity contribution in [1.29, 1.82) is 5.26 Å². The van der Waals surface area contributed by atoms with Gasteiger partial charge in [0.2, 0.25) is 0 Å². The summed E-state index contributed by atoms with van der Waals surface area (Å²) < 4.78 is 23.4. The summed E-state index contributed by atoms with van der Waals surface area (Å²) in [6.45, 7) is 0.999. The van der Waals surface area contributed by atoms with Gasteiger partial charge in [-0.15, -0.1) is 0 Å². The van der Waals surface area contributed by atoms with Gasteiger partial charge >= 0.3 is 0 Å². The molecule has 0 unspecified atom stereocenters. The van der Waals surface area contributed by atoms with E-state index in [9.17, 15) is 4.39 Å². The first kappa shape index (κ1) is 8.97. The fourth-order valence-corrected chi connectivity index (χ4v) is 1.13. The maximum atomic E-state index is 13.2. The molecule has 0 atom stereocenters. The number of hydrogen-bond donors (Lipinski definition) is 0. The number of benzene rings is 1. The zero-order valence-electron chi connectivity index (χ0n) is 7.37. The molecule has 1 aromatic carbocycles. The number of nitrogens with zero attached hydrogens (tertiary/aromatic N) is 1. The van der Waals surface area contributed by atoms with Crippen LogP contribution in [0.25, 0.3) is 0 Å². The quantitative estimate of drug-likeness (QED) is 0.714. The molecule has 0 radical (unpaired) electrons. The number of rotatable bonds is 2. The van der Waals surface area contributed by atoms with Crippen molar-refractivity contribution in [2.24, 2.45) is 0 Å². The first-order valence-corrected chi connectivity index (χ1v) is 4.23. The topological polar surface area (TPSA) is 42.2 Å². The van der Waals surface area contributed by atoms with Gasteiger partial charge in [-0.3, -0.25) is 0 Å². The number of halogens is 1. The second-order valence-corrected chi connectivity index (χ2v) is 3.03. The average molecular weight is 193 g/mol. The lowest BCUT2D eigenvalue weighted by molar-refractivity contribution is -0.0808. The van der Waals surface area contributed by atoms with Crippen LogP contribution in [0.15, 0.2) is 18.2 Å². The highest BCUT2D eigenvalue weighted by molar-refractivity contribution is 5.36. The lowest BCUT2D eigenvalue weighted by Crippen LogP contribution is -2.38. The molecule has 72 valence electrons. The zero-order chi connectivity index (χ0) is 9.97. The number of hydrogen-bond acceptors (Lipinski definition) is 3. The fraction of sp³-hybridized carbons (Fsp3) is 0.300. The first-order chi connectivity index (χ1) is 6.79. The molecule has 1 saturated heterocycles. The van der Waals surface area contributed by atoms with E-state index in [1.54, 1.807) is 0 Å². The lowest BCUT2D eigenvalue weighted by atomic mass is 10.2. The molecule has 1 aliphatic rings. The third-order valence-electron chi connectivity index (χ3n) is 1.96. The Morgan fingerprint density at radius 1 is 1.50 bits per heavy atom. The van der Waals surface area contributed by atoms with Crippen LogP contribution in [-0.4, -0.2) is 19.3 Å². The van der Waals surface area contributed by atoms with E-state index in [-0.39, 0.29) is 11.9 Å². The Hall–Kier alpha value is -1.60.